The van der Waals surface area contributed by atoms with Gasteiger partial charge in [-0.3, -0.25) is 0 Å². The number of hydrogen-bond acceptors (Lipinski definition) is 2. The lowest BCUT2D eigenvalue weighted by Gasteiger charge is -2.26. The van der Waals surface area contributed by atoms with Crippen molar-refractivity contribution in [2.24, 2.45) is 0 Å². The van der Waals surface area contributed by atoms with Gasteiger partial charge in [0.05, 0.1) is 22.1 Å². The summed E-state index contributed by atoms with van der Waals surface area (Å²) < 4.78 is 4.79. The van der Waals surface area contributed by atoms with Gasteiger partial charge in [0.15, 0.2) is 0 Å². The standard InChI is InChI=1S/2C50H34N2/c1-2-14-40(15-3-1)51(42-32-25-39(26-33-42)45-19-10-13-37-11-4-6-16-44(37)45)41-28-21-35(22-29-41)36-23-30-43(31-24-36)52-48-20-9-8-18-47(48)50-46-17-7-5-12-38(46)27-34-49(50)52;1-2-15-42(16-3-1)51(45-17-10-14-40(34-45)41-22-21-35-11-4-5-13-39(35)33-41)43-28-23-36(24-29-43)37-25-30-44(31-26-37)52-48-20-9-8-19-47(48)50-46-18-7-6-12-38(46)27-32-49(50)52/h2*1-34H. The molecular formula is C100H68N4. The van der Waals surface area contributed by atoms with Gasteiger partial charge in [-0.1, -0.05) is 285 Å². The predicted octanol–water partition coefficient (Wildman–Crippen LogP) is 27.8. The molecular weight excluding hydrogens is 1260 g/mol. The van der Waals surface area contributed by atoms with E-state index in [1.807, 2.05) is 0 Å². The zero-order valence-electron chi connectivity index (χ0n) is 57.0. The Morgan fingerprint density at radius 2 is 0.490 bits per heavy atom. The van der Waals surface area contributed by atoms with Crippen LogP contribution in [-0.2, 0) is 0 Å². The molecule has 0 unspecified atom stereocenters. The van der Waals surface area contributed by atoms with Crippen LogP contribution in [0.4, 0.5) is 34.1 Å². The third-order valence-corrected chi connectivity index (χ3v) is 20.7. The van der Waals surface area contributed by atoms with Crippen LogP contribution >= 0.6 is 0 Å². The molecule has 2 heterocycles. The van der Waals surface area contributed by atoms with Crippen molar-refractivity contribution in [3.63, 3.8) is 0 Å². The largest absolute Gasteiger partial charge is 0.311 e. The van der Waals surface area contributed by atoms with E-state index in [1.54, 1.807) is 0 Å². The van der Waals surface area contributed by atoms with Crippen LogP contribution in [0.1, 0.15) is 0 Å². The minimum atomic E-state index is 1.11. The number of anilines is 6. The molecule has 18 aromatic carbocycles. The van der Waals surface area contributed by atoms with Gasteiger partial charge in [-0.15, -0.1) is 0 Å². The van der Waals surface area contributed by atoms with Gasteiger partial charge in [-0.2, -0.15) is 0 Å². The van der Waals surface area contributed by atoms with Crippen molar-refractivity contribution in [3.8, 4) is 55.9 Å². The summed E-state index contributed by atoms with van der Waals surface area (Å²) in [6.07, 6.45) is 0. The maximum absolute atomic E-state index is 2.40. The average Bonchev–Trinajstić information content (AvgIpc) is 1.58. The fraction of sp³-hybridized carbons (Fsp3) is 0. The van der Waals surface area contributed by atoms with E-state index in [4.69, 9.17) is 0 Å². The van der Waals surface area contributed by atoms with Crippen LogP contribution in [0.5, 0.6) is 0 Å². The summed E-state index contributed by atoms with van der Waals surface area (Å²) in [5.41, 5.74) is 23.5. The summed E-state index contributed by atoms with van der Waals surface area (Å²) in [7, 11) is 0. The van der Waals surface area contributed by atoms with Crippen molar-refractivity contribution in [1.82, 2.24) is 9.13 Å². The van der Waals surface area contributed by atoms with Gasteiger partial charge < -0.3 is 18.9 Å². The van der Waals surface area contributed by atoms with Crippen molar-refractivity contribution in [2.75, 3.05) is 9.80 Å². The molecule has 2 aromatic heterocycles. The van der Waals surface area contributed by atoms with Gasteiger partial charge in [0.25, 0.3) is 0 Å². The van der Waals surface area contributed by atoms with E-state index in [-0.39, 0.29) is 0 Å². The van der Waals surface area contributed by atoms with Gasteiger partial charge >= 0.3 is 0 Å². The van der Waals surface area contributed by atoms with E-state index < -0.39 is 0 Å². The topological polar surface area (TPSA) is 16.3 Å². The van der Waals surface area contributed by atoms with Gasteiger partial charge in [0.2, 0.25) is 0 Å². The van der Waals surface area contributed by atoms with Crippen molar-refractivity contribution in [2.45, 2.75) is 0 Å². The highest BCUT2D eigenvalue weighted by Gasteiger charge is 2.20. The van der Waals surface area contributed by atoms with Crippen LogP contribution in [0.25, 0.3) is 143 Å². The predicted molar refractivity (Wildman–Crippen MR) is 443 cm³/mol. The molecule has 0 saturated carbocycles. The SMILES string of the molecule is c1ccc(N(c2ccc(-c3ccc(-n4c5ccccc5c5c6ccccc6ccc54)cc3)cc2)c2ccc(-c3cccc4ccccc34)cc2)cc1.c1ccc(N(c2ccc(-c3ccc(-n4c5ccccc5c5c6ccccc6ccc54)cc3)cc2)c2cccc(-c3ccc4ccccc4c3)c2)cc1. The summed E-state index contributed by atoms with van der Waals surface area (Å²) in [6.45, 7) is 0. The Hall–Kier alpha value is -13.8. The van der Waals surface area contributed by atoms with Crippen LogP contribution in [0.15, 0.2) is 413 Å². The normalized spacial score (nSPS) is 11.5. The van der Waals surface area contributed by atoms with Crippen molar-refractivity contribution >= 4 is 121 Å². The zero-order valence-corrected chi connectivity index (χ0v) is 57.0. The Morgan fingerprint density at radius 3 is 0.990 bits per heavy atom. The first-order valence-corrected chi connectivity index (χ1v) is 35.7. The monoisotopic (exact) mass is 1320 g/mol. The Morgan fingerprint density at radius 1 is 0.163 bits per heavy atom. The van der Waals surface area contributed by atoms with E-state index in [1.165, 1.54) is 131 Å². The maximum Gasteiger partial charge on any atom is 0.0547 e. The summed E-state index contributed by atoms with van der Waals surface area (Å²) >= 11 is 0. The zero-order chi connectivity index (χ0) is 68.9. The third kappa shape index (κ3) is 11.2. The number of rotatable bonds is 12. The number of hydrogen-bond donors (Lipinski definition) is 0. The summed E-state index contributed by atoms with van der Waals surface area (Å²) in [6, 6.07) is 149. The number of nitrogens with zero attached hydrogens (tertiary/aromatic N) is 4. The van der Waals surface area contributed by atoms with Crippen LogP contribution < -0.4 is 9.80 Å². The number of para-hydroxylation sites is 4. The van der Waals surface area contributed by atoms with Crippen molar-refractivity contribution < 1.29 is 0 Å². The van der Waals surface area contributed by atoms with Crippen LogP contribution in [0, 0.1) is 0 Å². The smallest absolute Gasteiger partial charge is 0.0547 e. The second kappa shape index (κ2) is 26.4. The molecule has 0 spiro atoms. The van der Waals surface area contributed by atoms with Crippen LogP contribution in [0.3, 0.4) is 0 Å². The van der Waals surface area contributed by atoms with Gasteiger partial charge in [0.1, 0.15) is 0 Å². The molecule has 104 heavy (non-hydrogen) atoms. The molecule has 20 rings (SSSR count). The first-order chi connectivity index (χ1) is 51.6. The second-order valence-electron chi connectivity index (χ2n) is 26.8. The van der Waals surface area contributed by atoms with E-state index in [9.17, 15) is 0 Å². The van der Waals surface area contributed by atoms with Gasteiger partial charge in [0, 0.05) is 67.0 Å². The lowest BCUT2D eigenvalue weighted by atomic mass is 9.98. The third-order valence-electron chi connectivity index (χ3n) is 20.7. The van der Waals surface area contributed by atoms with E-state index in [0.29, 0.717) is 0 Å². The Kier molecular flexibility index (Phi) is 15.5. The lowest BCUT2D eigenvalue weighted by Crippen LogP contribution is -2.09. The molecule has 0 atom stereocenters. The van der Waals surface area contributed by atoms with Gasteiger partial charge in [-0.25, -0.2) is 0 Å². The molecule has 4 heteroatoms. The first kappa shape index (κ1) is 61.3. The second-order valence-corrected chi connectivity index (χ2v) is 26.8. The maximum atomic E-state index is 2.40. The van der Waals surface area contributed by atoms with Crippen LogP contribution in [0.2, 0.25) is 0 Å². The van der Waals surface area contributed by atoms with Crippen LogP contribution in [-0.4, -0.2) is 9.13 Å². The number of benzene rings is 18. The molecule has 20 aromatic rings. The highest BCUT2D eigenvalue weighted by molar-refractivity contribution is 6.22. The summed E-state index contributed by atoms with van der Waals surface area (Å²) in [5.74, 6) is 0. The van der Waals surface area contributed by atoms with E-state index in [0.717, 1.165) is 45.5 Å². The Bertz CT molecular complexity index is 6550. The molecule has 0 saturated heterocycles. The minimum absolute atomic E-state index is 1.11. The fourth-order valence-electron chi connectivity index (χ4n) is 15.8. The molecule has 0 radical (unpaired) electrons. The highest BCUT2D eigenvalue weighted by atomic mass is 15.1. The van der Waals surface area contributed by atoms with Crippen molar-refractivity contribution in [3.05, 3.63) is 413 Å². The summed E-state index contributed by atoms with van der Waals surface area (Å²) in [5, 5.41) is 15.3. The molecule has 0 aliphatic carbocycles. The molecule has 0 fully saturated rings. The first-order valence-electron chi connectivity index (χ1n) is 35.7. The molecule has 488 valence electrons. The highest BCUT2D eigenvalue weighted by Crippen LogP contribution is 2.43. The van der Waals surface area contributed by atoms with E-state index in [2.05, 4.69) is 431 Å². The number of fused-ring (bicyclic) bond motifs is 12. The molecule has 0 amide bonds. The molecule has 0 bridgehead atoms. The molecule has 0 N–H and O–H groups in total. The number of aromatic nitrogens is 2. The molecule has 4 nitrogen and oxygen atoms in total. The minimum Gasteiger partial charge on any atom is -0.311 e. The summed E-state index contributed by atoms with van der Waals surface area (Å²) in [4.78, 5) is 4.66. The van der Waals surface area contributed by atoms with E-state index >= 15 is 0 Å². The average molecular weight is 1330 g/mol. The van der Waals surface area contributed by atoms with Gasteiger partial charge in [-0.05, 0) is 215 Å². The molecule has 0 aliphatic heterocycles. The Balaban J connectivity index is 0.000000143. The molecule has 0 aliphatic rings. The van der Waals surface area contributed by atoms with Crippen molar-refractivity contribution in [1.29, 1.82) is 0 Å². The quantitative estimate of drug-likeness (QED) is 0.121. The fourth-order valence-corrected chi connectivity index (χ4v) is 15.8. The lowest BCUT2D eigenvalue weighted by molar-refractivity contribution is 1.18. The Labute approximate surface area is 604 Å².